The molecule has 1 fully saturated rings. The van der Waals surface area contributed by atoms with Crippen LogP contribution in [0.1, 0.15) is 18.4 Å². The van der Waals surface area contributed by atoms with E-state index in [-0.39, 0.29) is 17.4 Å². The minimum absolute atomic E-state index is 0.116. The molecule has 1 aromatic carbocycles. The number of carbonyl (C=O) groups is 1. The molecule has 0 saturated carbocycles. The second-order valence-corrected chi connectivity index (χ2v) is 5.02. The highest BCUT2D eigenvalue weighted by atomic mass is 19.4. The van der Waals surface area contributed by atoms with E-state index in [4.69, 9.17) is 0 Å². The molecule has 0 bridgehead atoms. The normalized spacial score (nSPS) is 19.6. The first-order valence-corrected chi connectivity index (χ1v) is 6.61. The van der Waals surface area contributed by atoms with Gasteiger partial charge in [-0.2, -0.15) is 13.2 Å². The zero-order valence-corrected chi connectivity index (χ0v) is 11.0. The van der Waals surface area contributed by atoms with Gasteiger partial charge in [-0.15, -0.1) is 0 Å². The lowest BCUT2D eigenvalue weighted by Crippen LogP contribution is -2.37. The average Bonchev–Trinajstić information content (AvgIpc) is 2.38. The van der Waals surface area contributed by atoms with E-state index in [9.17, 15) is 18.0 Å². The van der Waals surface area contributed by atoms with Gasteiger partial charge in [-0.3, -0.25) is 4.79 Å². The van der Waals surface area contributed by atoms with Crippen molar-refractivity contribution in [1.82, 2.24) is 5.32 Å². The van der Waals surface area contributed by atoms with E-state index in [1.54, 1.807) is 6.07 Å². The van der Waals surface area contributed by atoms with Crippen LogP contribution in [0.3, 0.4) is 0 Å². The Kier molecular flexibility index (Phi) is 4.65. The lowest BCUT2D eigenvalue weighted by Gasteiger charge is -2.22. The first-order valence-electron chi connectivity index (χ1n) is 6.61. The molecule has 0 radical (unpaired) electrons. The minimum atomic E-state index is -4.24. The molecule has 2 N–H and O–H groups in total. The fourth-order valence-electron chi connectivity index (χ4n) is 2.31. The predicted molar refractivity (Wildman–Crippen MR) is 70.4 cm³/mol. The molecule has 6 heteroatoms. The van der Waals surface area contributed by atoms with Gasteiger partial charge in [0.05, 0.1) is 12.3 Å². The third-order valence-corrected chi connectivity index (χ3v) is 3.27. The lowest BCUT2D eigenvalue weighted by atomic mass is 9.98. The summed E-state index contributed by atoms with van der Waals surface area (Å²) in [5.74, 6) is -0.253. The van der Waals surface area contributed by atoms with E-state index in [0.29, 0.717) is 12.2 Å². The Morgan fingerprint density at radius 3 is 2.85 bits per heavy atom. The third-order valence-electron chi connectivity index (χ3n) is 3.27. The van der Waals surface area contributed by atoms with Crippen molar-refractivity contribution in [2.24, 2.45) is 5.92 Å². The number of carbonyl (C=O) groups excluding carboxylic acids is 1. The summed E-state index contributed by atoms with van der Waals surface area (Å²) in [4.78, 5) is 12.0. The van der Waals surface area contributed by atoms with Gasteiger partial charge in [-0.1, -0.05) is 12.1 Å². The van der Waals surface area contributed by atoms with Crippen molar-refractivity contribution in [2.75, 3.05) is 18.4 Å². The van der Waals surface area contributed by atoms with E-state index < -0.39 is 12.6 Å². The molecule has 1 amide bonds. The molecule has 1 aromatic rings. The highest BCUT2D eigenvalue weighted by molar-refractivity contribution is 5.92. The summed E-state index contributed by atoms with van der Waals surface area (Å²) in [6.45, 7) is 1.53. The fraction of sp³-hybridized carbons (Fsp3) is 0.500. The Bertz CT molecular complexity index is 468. The van der Waals surface area contributed by atoms with Crippen molar-refractivity contribution in [3.8, 4) is 0 Å². The van der Waals surface area contributed by atoms with Gasteiger partial charge < -0.3 is 10.6 Å². The molecule has 0 aromatic heterocycles. The first-order chi connectivity index (χ1) is 9.44. The Labute approximate surface area is 115 Å². The van der Waals surface area contributed by atoms with Crippen LogP contribution in [-0.4, -0.2) is 25.2 Å². The quantitative estimate of drug-likeness (QED) is 0.897. The number of amides is 1. The molecule has 1 unspecified atom stereocenters. The maximum Gasteiger partial charge on any atom is 0.393 e. The SMILES string of the molecule is O=C(Nc1cccc(CC(F)(F)F)c1)C1CCCNC1. The zero-order valence-electron chi connectivity index (χ0n) is 11.0. The third kappa shape index (κ3) is 4.52. The van der Waals surface area contributed by atoms with Crippen LogP contribution in [-0.2, 0) is 11.2 Å². The fourth-order valence-corrected chi connectivity index (χ4v) is 2.31. The van der Waals surface area contributed by atoms with E-state index in [1.807, 2.05) is 0 Å². The largest absolute Gasteiger partial charge is 0.393 e. The van der Waals surface area contributed by atoms with Crippen molar-refractivity contribution in [3.63, 3.8) is 0 Å². The maximum absolute atomic E-state index is 12.3. The Morgan fingerprint density at radius 1 is 1.40 bits per heavy atom. The standard InChI is InChI=1S/C14H17F3N2O/c15-14(16,17)8-10-3-1-5-12(7-10)19-13(20)11-4-2-6-18-9-11/h1,3,5,7,11,18H,2,4,6,8-9H2,(H,19,20). The van der Waals surface area contributed by atoms with Gasteiger partial charge >= 0.3 is 6.18 Å². The van der Waals surface area contributed by atoms with Crippen LogP contribution in [0.2, 0.25) is 0 Å². The van der Waals surface area contributed by atoms with Gasteiger partial charge in [0.2, 0.25) is 5.91 Å². The number of hydrogen-bond donors (Lipinski definition) is 2. The van der Waals surface area contributed by atoms with Crippen molar-refractivity contribution >= 4 is 11.6 Å². The van der Waals surface area contributed by atoms with Crippen LogP contribution in [0.25, 0.3) is 0 Å². The van der Waals surface area contributed by atoms with Crippen molar-refractivity contribution in [2.45, 2.75) is 25.4 Å². The number of hydrogen-bond acceptors (Lipinski definition) is 2. The molecule has 3 nitrogen and oxygen atoms in total. The summed E-state index contributed by atoms with van der Waals surface area (Å²) in [7, 11) is 0. The lowest BCUT2D eigenvalue weighted by molar-refractivity contribution is -0.127. The van der Waals surface area contributed by atoms with E-state index >= 15 is 0 Å². The van der Waals surface area contributed by atoms with Gasteiger partial charge in [-0.25, -0.2) is 0 Å². The second-order valence-electron chi connectivity index (χ2n) is 5.02. The number of alkyl halides is 3. The topological polar surface area (TPSA) is 41.1 Å². The van der Waals surface area contributed by atoms with Gasteiger partial charge in [-0.05, 0) is 37.1 Å². The van der Waals surface area contributed by atoms with Crippen LogP contribution in [0.4, 0.5) is 18.9 Å². The second kappa shape index (κ2) is 6.26. The van der Waals surface area contributed by atoms with Gasteiger partial charge in [0.1, 0.15) is 0 Å². The average molecular weight is 286 g/mol. The highest BCUT2D eigenvalue weighted by Gasteiger charge is 2.27. The molecular formula is C14H17F3N2O. The molecule has 1 atom stereocenters. The molecule has 1 saturated heterocycles. The van der Waals surface area contributed by atoms with Crippen molar-refractivity contribution in [3.05, 3.63) is 29.8 Å². The number of halogens is 3. The maximum atomic E-state index is 12.3. The number of rotatable bonds is 3. The predicted octanol–water partition coefficient (Wildman–Crippen LogP) is 2.73. The summed E-state index contributed by atoms with van der Waals surface area (Å²) in [6, 6.07) is 5.91. The van der Waals surface area contributed by atoms with Crippen LogP contribution >= 0.6 is 0 Å². The number of piperidine rings is 1. The molecule has 1 heterocycles. The monoisotopic (exact) mass is 286 g/mol. The molecular weight excluding hydrogens is 269 g/mol. The molecule has 1 aliphatic rings. The first kappa shape index (κ1) is 14.8. The minimum Gasteiger partial charge on any atom is -0.326 e. The van der Waals surface area contributed by atoms with Crippen molar-refractivity contribution in [1.29, 1.82) is 0 Å². The molecule has 110 valence electrons. The van der Waals surface area contributed by atoms with E-state index in [0.717, 1.165) is 19.4 Å². The smallest absolute Gasteiger partial charge is 0.326 e. The van der Waals surface area contributed by atoms with Crippen molar-refractivity contribution < 1.29 is 18.0 Å². The Morgan fingerprint density at radius 2 is 2.20 bits per heavy atom. The van der Waals surface area contributed by atoms with Crippen LogP contribution in [0.15, 0.2) is 24.3 Å². The van der Waals surface area contributed by atoms with Crippen LogP contribution < -0.4 is 10.6 Å². The summed E-state index contributed by atoms with van der Waals surface area (Å²) < 4.78 is 37.0. The number of anilines is 1. The van der Waals surface area contributed by atoms with Gasteiger partial charge in [0, 0.05) is 12.2 Å². The summed E-state index contributed by atoms with van der Waals surface area (Å²) in [5, 5.41) is 5.83. The van der Waals surface area contributed by atoms with E-state index in [2.05, 4.69) is 10.6 Å². The highest BCUT2D eigenvalue weighted by Crippen LogP contribution is 2.23. The zero-order chi connectivity index (χ0) is 14.6. The molecule has 0 aliphatic carbocycles. The summed E-state index contributed by atoms with van der Waals surface area (Å²) >= 11 is 0. The van der Waals surface area contributed by atoms with Crippen LogP contribution in [0, 0.1) is 5.92 Å². The summed E-state index contributed by atoms with van der Waals surface area (Å²) in [6.07, 6.45) is -3.48. The Balaban J connectivity index is 1.98. The van der Waals surface area contributed by atoms with Crippen LogP contribution in [0.5, 0.6) is 0 Å². The molecule has 0 spiro atoms. The molecule has 2 rings (SSSR count). The molecule has 20 heavy (non-hydrogen) atoms. The number of nitrogens with one attached hydrogen (secondary N) is 2. The number of benzene rings is 1. The Hall–Kier alpha value is -1.56. The van der Waals surface area contributed by atoms with Gasteiger partial charge in [0.25, 0.3) is 0 Å². The summed E-state index contributed by atoms with van der Waals surface area (Å²) in [5.41, 5.74) is 0.569. The molecule has 1 aliphatic heterocycles. The van der Waals surface area contributed by atoms with Gasteiger partial charge in [0.15, 0.2) is 0 Å². The van der Waals surface area contributed by atoms with E-state index in [1.165, 1.54) is 18.2 Å².